The summed E-state index contributed by atoms with van der Waals surface area (Å²) in [5.41, 5.74) is -2.30. The summed E-state index contributed by atoms with van der Waals surface area (Å²) in [6.07, 6.45) is -9.98. The summed E-state index contributed by atoms with van der Waals surface area (Å²) in [6, 6.07) is 15.5. The van der Waals surface area contributed by atoms with Crippen LogP contribution in [0.25, 0.3) is 0 Å². The normalized spacial score (nSPS) is 36.5. The number of fused-ring (bicyclic) bond motifs is 1. The van der Waals surface area contributed by atoms with Crippen LogP contribution in [0.5, 0.6) is 0 Å². The number of ketones is 1. The molecule has 3 saturated heterocycles. The molecule has 3 aliphatic heterocycles. The number of likely N-dealkylation sites (N-methyl/N-ethyl adjacent to an activating group) is 1. The van der Waals surface area contributed by atoms with Crippen LogP contribution < -0.4 is 0 Å². The minimum atomic E-state index is -1.56. The molecule has 2 N–H and O–H groups in total. The molecule has 0 radical (unpaired) electrons. The second-order valence-electron chi connectivity index (χ2n) is 17.0. The number of ether oxygens (including phenoxy) is 7. The molecule has 14 atom stereocenters. The third kappa shape index (κ3) is 10.2. The lowest BCUT2D eigenvalue weighted by Crippen LogP contribution is -2.65. The Labute approximate surface area is 361 Å². The molecule has 2 aromatic carbocycles. The summed E-state index contributed by atoms with van der Waals surface area (Å²) in [5, 5.41) is 27.6. The van der Waals surface area contributed by atoms with Crippen molar-refractivity contribution in [3.8, 4) is 0 Å². The van der Waals surface area contributed by atoms with E-state index in [1.165, 1.54) is 14.0 Å². The van der Waals surface area contributed by atoms with Gasteiger partial charge in [-0.3, -0.25) is 9.59 Å². The molecule has 3 aliphatic rings. The molecule has 340 valence electrons. The Kier molecular flexibility index (Phi) is 15.7. The molecule has 3 fully saturated rings. The number of cyclic esters (lactones) is 1. The van der Waals surface area contributed by atoms with Crippen LogP contribution in [-0.4, -0.2) is 139 Å². The van der Waals surface area contributed by atoms with Gasteiger partial charge in [-0.1, -0.05) is 69.2 Å². The van der Waals surface area contributed by atoms with Gasteiger partial charge in [0.15, 0.2) is 23.8 Å². The maximum atomic E-state index is 14.5. The third-order valence-corrected chi connectivity index (χ3v) is 12.4. The molecule has 5 rings (SSSR count). The number of hydrogen-bond donors (Lipinski definition) is 2. The fourth-order valence-corrected chi connectivity index (χ4v) is 8.89. The van der Waals surface area contributed by atoms with Crippen molar-refractivity contribution in [2.45, 2.75) is 121 Å². The predicted octanol–water partition coefficient (Wildman–Crippen LogP) is 4.36. The monoisotopic (exact) mass is 868 g/mol. The van der Waals surface area contributed by atoms with Crippen molar-refractivity contribution < 1.29 is 72.2 Å². The van der Waals surface area contributed by atoms with Gasteiger partial charge in [-0.25, -0.2) is 14.4 Å². The maximum absolute atomic E-state index is 14.5. The standard InChI is InChI=1S/C45H60N2O15/c1-11-31-45(7)38(60-43(54)61-45)25(3)32(46-62-41(53)29-20-16-13-17-21-29)24(2)22-44(6,55-10)37(26(4)34(48)27(5)39(51)58-31)59-42-36(50)33(47(8)9)35(49)30(57-42)23-56-40(52)28-18-14-12-15-19-28/h12-21,24-27,30-31,33,35-38,42,49-50H,11,22-23H2,1-10H3/b46-32+/t24-,25+,26+,27-,30-,31?,33+,35-,36-,37-,38-,42+,44-,45-/m1/s1. The number of aliphatic hydroxyl groups excluding tert-OH is 2. The fraction of sp³-hybridized carbons (Fsp3) is 0.600. The minimum Gasteiger partial charge on any atom is -0.459 e. The van der Waals surface area contributed by atoms with Crippen LogP contribution >= 0.6 is 0 Å². The Morgan fingerprint density at radius 1 is 0.871 bits per heavy atom. The number of benzene rings is 2. The second-order valence-corrected chi connectivity index (χ2v) is 17.0. The van der Waals surface area contributed by atoms with Crippen LogP contribution in [0.4, 0.5) is 4.79 Å². The van der Waals surface area contributed by atoms with Crippen molar-refractivity contribution >= 4 is 35.6 Å². The van der Waals surface area contributed by atoms with Gasteiger partial charge in [-0.05, 0) is 72.0 Å². The van der Waals surface area contributed by atoms with Crippen LogP contribution in [-0.2, 0) is 47.6 Å². The number of hydrogen-bond acceptors (Lipinski definition) is 17. The van der Waals surface area contributed by atoms with Crippen molar-refractivity contribution in [3.63, 3.8) is 0 Å². The number of nitrogens with zero attached hydrogens (tertiary/aromatic N) is 2. The summed E-state index contributed by atoms with van der Waals surface area (Å²) >= 11 is 0. The second kappa shape index (κ2) is 20.2. The topological polar surface area (TPSA) is 215 Å². The Morgan fingerprint density at radius 2 is 1.47 bits per heavy atom. The SMILES string of the molecule is CCC1OC(=O)[C@H](C)C(=O)[C@H](C)[C@@H](O[C@@H]2O[C@H](COC(=O)c3ccccc3)[C@@H](O)[C@H](N(C)C)[C@H]2O)[C@](C)(OC)C[C@@H](C)/C(=N\OC(=O)c2ccccc2)[C@H](C)[C@H]2OC(=O)O[C@]12C. The number of rotatable bonds is 10. The maximum Gasteiger partial charge on any atom is 0.509 e. The number of carbonyl (C=O) groups excluding carboxylic acids is 5. The van der Waals surface area contributed by atoms with E-state index in [0.717, 1.165) is 0 Å². The van der Waals surface area contributed by atoms with Crippen molar-refractivity contribution in [3.05, 3.63) is 71.8 Å². The molecule has 0 aliphatic carbocycles. The number of Topliss-reactive ketones (excluding diaryl/α,β-unsaturated/α-hetero) is 1. The average Bonchev–Trinajstić information content (AvgIpc) is 3.57. The molecule has 0 aromatic heterocycles. The lowest BCUT2D eigenvalue weighted by Gasteiger charge is -2.48. The zero-order valence-electron chi connectivity index (χ0n) is 36.9. The van der Waals surface area contributed by atoms with E-state index < -0.39 is 120 Å². The molecule has 0 saturated carbocycles. The average molecular weight is 869 g/mol. The molecule has 17 heteroatoms. The Hall–Kier alpha value is -4.78. The van der Waals surface area contributed by atoms with E-state index in [1.54, 1.807) is 121 Å². The number of oxime groups is 1. The van der Waals surface area contributed by atoms with E-state index in [2.05, 4.69) is 5.16 Å². The Bertz CT molecular complexity index is 1930. The summed E-state index contributed by atoms with van der Waals surface area (Å²) < 4.78 is 42.1. The molecule has 0 bridgehead atoms. The minimum absolute atomic E-state index is 0.00673. The van der Waals surface area contributed by atoms with Gasteiger partial charge in [-0.2, -0.15) is 0 Å². The summed E-state index contributed by atoms with van der Waals surface area (Å²) in [4.78, 5) is 74.6. The molecule has 17 nitrogen and oxygen atoms in total. The van der Waals surface area contributed by atoms with Crippen LogP contribution in [0.3, 0.4) is 0 Å². The largest absolute Gasteiger partial charge is 0.509 e. The molecular formula is C45H60N2O15. The van der Waals surface area contributed by atoms with E-state index in [9.17, 15) is 34.2 Å². The van der Waals surface area contributed by atoms with Crippen molar-refractivity contribution in [2.24, 2.45) is 28.8 Å². The van der Waals surface area contributed by atoms with E-state index in [-0.39, 0.29) is 29.7 Å². The summed E-state index contributed by atoms with van der Waals surface area (Å²) in [6.45, 7) is 11.0. The first-order chi connectivity index (χ1) is 29.3. The van der Waals surface area contributed by atoms with Crippen LogP contribution in [0.1, 0.15) is 82.0 Å². The van der Waals surface area contributed by atoms with Gasteiger partial charge < -0.3 is 53.1 Å². The quantitative estimate of drug-likeness (QED) is 0.112. The zero-order chi connectivity index (χ0) is 45.7. The molecule has 62 heavy (non-hydrogen) atoms. The highest BCUT2D eigenvalue weighted by molar-refractivity contribution is 6.00. The van der Waals surface area contributed by atoms with Gasteiger partial charge in [0.2, 0.25) is 0 Å². The number of esters is 2. The number of carbonyl (C=O) groups is 5. The van der Waals surface area contributed by atoms with Crippen LogP contribution in [0.15, 0.2) is 65.8 Å². The first kappa shape index (κ1) is 48.3. The highest BCUT2D eigenvalue weighted by Crippen LogP contribution is 2.42. The zero-order valence-corrected chi connectivity index (χ0v) is 36.9. The first-order valence-electron chi connectivity index (χ1n) is 20.9. The van der Waals surface area contributed by atoms with Crippen molar-refractivity contribution in [1.29, 1.82) is 0 Å². The van der Waals surface area contributed by atoms with Gasteiger partial charge in [0.05, 0.1) is 34.6 Å². The molecule has 2 aromatic rings. The Morgan fingerprint density at radius 3 is 2.03 bits per heavy atom. The lowest BCUT2D eigenvalue weighted by atomic mass is 9.74. The van der Waals surface area contributed by atoms with E-state index >= 15 is 0 Å². The molecular weight excluding hydrogens is 808 g/mol. The van der Waals surface area contributed by atoms with Crippen molar-refractivity contribution in [2.75, 3.05) is 27.8 Å². The van der Waals surface area contributed by atoms with Gasteiger partial charge in [0.1, 0.15) is 36.9 Å². The predicted molar refractivity (Wildman–Crippen MR) is 221 cm³/mol. The van der Waals surface area contributed by atoms with Crippen molar-refractivity contribution in [1.82, 2.24) is 4.90 Å². The number of methoxy groups -OCH3 is 1. The number of aliphatic hydroxyl groups is 2. The molecule has 3 heterocycles. The molecule has 1 unspecified atom stereocenters. The lowest BCUT2D eigenvalue weighted by molar-refractivity contribution is -0.319. The summed E-state index contributed by atoms with van der Waals surface area (Å²) in [7, 11) is 4.69. The van der Waals surface area contributed by atoms with E-state index in [1.807, 2.05) is 0 Å². The smallest absolute Gasteiger partial charge is 0.459 e. The summed E-state index contributed by atoms with van der Waals surface area (Å²) in [5.74, 6) is -6.96. The fourth-order valence-electron chi connectivity index (χ4n) is 8.89. The van der Waals surface area contributed by atoms with Crippen LogP contribution in [0, 0.1) is 23.7 Å². The van der Waals surface area contributed by atoms with E-state index in [0.29, 0.717) is 0 Å². The molecule has 0 spiro atoms. The van der Waals surface area contributed by atoms with E-state index in [4.69, 9.17) is 38.0 Å². The van der Waals surface area contributed by atoms with Gasteiger partial charge in [-0.15, -0.1) is 0 Å². The Balaban J connectivity index is 1.57. The van der Waals surface area contributed by atoms with Crippen LogP contribution in [0.2, 0.25) is 0 Å². The highest BCUT2D eigenvalue weighted by Gasteiger charge is 2.59. The highest BCUT2D eigenvalue weighted by atomic mass is 16.8. The van der Waals surface area contributed by atoms with Gasteiger partial charge >= 0.3 is 24.1 Å². The van der Waals surface area contributed by atoms with Gasteiger partial charge in [0.25, 0.3) is 0 Å². The third-order valence-electron chi connectivity index (χ3n) is 12.4. The van der Waals surface area contributed by atoms with Gasteiger partial charge in [0, 0.05) is 24.9 Å². The first-order valence-corrected chi connectivity index (χ1v) is 20.9. The molecule has 0 amide bonds.